The molecule has 140 valence electrons. The number of nitrogens with zero attached hydrogens (tertiary/aromatic N) is 5. The third-order valence-corrected chi connectivity index (χ3v) is 5.03. The summed E-state index contributed by atoms with van der Waals surface area (Å²) < 4.78 is 5.52. The Morgan fingerprint density at radius 3 is 2.67 bits per heavy atom. The van der Waals surface area contributed by atoms with Crippen LogP contribution in [0.3, 0.4) is 0 Å². The highest BCUT2D eigenvalue weighted by Crippen LogP contribution is 2.31. The molecule has 7 nitrogen and oxygen atoms in total. The van der Waals surface area contributed by atoms with E-state index in [1.54, 1.807) is 13.3 Å². The summed E-state index contributed by atoms with van der Waals surface area (Å²) in [6, 6.07) is 7.94. The van der Waals surface area contributed by atoms with Crippen LogP contribution in [0.15, 0.2) is 36.7 Å². The Bertz CT molecular complexity index is 968. The highest BCUT2D eigenvalue weighted by molar-refractivity contribution is 5.80. The van der Waals surface area contributed by atoms with Crippen LogP contribution in [0, 0.1) is 0 Å². The number of ether oxygens (including phenoxy) is 1. The van der Waals surface area contributed by atoms with Gasteiger partial charge in [-0.25, -0.2) is 4.98 Å². The first-order valence-electron chi connectivity index (χ1n) is 9.12. The van der Waals surface area contributed by atoms with Crippen molar-refractivity contribution in [3.8, 4) is 0 Å². The SMILES string of the molecule is COC1(C)CN(c2cnc3ccc(Nc4cc(C(C)C)cnn4)nc3c2)C1. The Kier molecular flexibility index (Phi) is 4.39. The number of methoxy groups -OCH3 is 1. The van der Waals surface area contributed by atoms with Gasteiger partial charge in [0.1, 0.15) is 5.82 Å². The number of nitrogens with one attached hydrogen (secondary N) is 1. The van der Waals surface area contributed by atoms with E-state index >= 15 is 0 Å². The van der Waals surface area contributed by atoms with E-state index in [0.29, 0.717) is 11.7 Å². The zero-order valence-electron chi connectivity index (χ0n) is 16.1. The van der Waals surface area contributed by atoms with Crippen molar-refractivity contribution in [2.75, 3.05) is 30.4 Å². The average molecular weight is 364 g/mol. The Hall–Kier alpha value is -2.80. The molecule has 1 N–H and O–H groups in total. The summed E-state index contributed by atoms with van der Waals surface area (Å²) >= 11 is 0. The van der Waals surface area contributed by atoms with Crippen molar-refractivity contribution in [1.82, 2.24) is 20.2 Å². The third-order valence-electron chi connectivity index (χ3n) is 5.03. The van der Waals surface area contributed by atoms with Crippen molar-refractivity contribution in [2.24, 2.45) is 0 Å². The van der Waals surface area contributed by atoms with Crippen LogP contribution < -0.4 is 10.2 Å². The van der Waals surface area contributed by atoms with Crippen LogP contribution in [-0.2, 0) is 4.74 Å². The molecule has 0 atom stereocenters. The minimum atomic E-state index is -0.0775. The van der Waals surface area contributed by atoms with E-state index < -0.39 is 0 Å². The van der Waals surface area contributed by atoms with Crippen LogP contribution in [0.25, 0.3) is 11.0 Å². The number of aromatic nitrogens is 4. The van der Waals surface area contributed by atoms with E-state index in [1.165, 1.54) is 0 Å². The Morgan fingerprint density at radius 1 is 1.11 bits per heavy atom. The van der Waals surface area contributed by atoms with Crippen LogP contribution >= 0.6 is 0 Å². The number of pyridine rings is 2. The van der Waals surface area contributed by atoms with Gasteiger partial charge in [0.15, 0.2) is 5.82 Å². The van der Waals surface area contributed by atoms with Gasteiger partial charge in [0.25, 0.3) is 0 Å². The molecule has 4 rings (SSSR count). The van der Waals surface area contributed by atoms with Gasteiger partial charge in [-0.15, -0.1) is 5.10 Å². The lowest BCUT2D eigenvalue weighted by atomic mass is 9.96. The zero-order chi connectivity index (χ0) is 19.0. The molecule has 0 aliphatic carbocycles. The van der Waals surface area contributed by atoms with E-state index in [2.05, 4.69) is 52.2 Å². The monoisotopic (exact) mass is 364 g/mol. The first kappa shape index (κ1) is 17.6. The first-order valence-corrected chi connectivity index (χ1v) is 9.12. The molecule has 0 bridgehead atoms. The molecule has 1 aliphatic rings. The number of fused-ring (bicyclic) bond motifs is 1. The minimum absolute atomic E-state index is 0.0775. The van der Waals surface area contributed by atoms with Gasteiger partial charge >= 0.3 is 0 Å². The molecule has 0 saturated carbocycles. The lowest BCUT2D eigenvalue weighted by Crippen LogP contribution is -2.61. The summed E-state index contributed by atoms with van der Waals surface area (Å²) in [5.41, 5.74) is 3.82. The highest BCUT2D eigenvalue weighted by atomic mass is 16.5. The van der Waals surface area contributed by atoms with Gasteiger partial charge in [-0.1, -0.05) is 13.8 Å². The van der Waals surface area contributed by atoms with Crippen LogP contribution in [0.2, 0.25) is 0 Å². The van der Waals surface area contributed by atoms with Gasteiger partial charge in [0, 0.05) is 20.2 Å². The Morgan fingerprint density at radius 2 is 1.93 bits per heavy atom. The molecule has 1 aliphatic heterocycles. The van der Waals surface area contributed by atoms with Crippen LogP contribution in [0.5, 0.6) is 0 Å². The second kappa shape index (κ2) is 6.74. The van der Waals surface area contributed by atoms with Crippen molar-refractivity contribution in [3.63, 3.8) is 0 Å². The maximum Gasteiger partial charge on any atom is 0.154 e. The lowest BCUT2D eigenvalue weighted by Gasteiger charge is -2.48. The van der Waals surface area contributed by atoms with Crippen LogP contribution in [0.1, 0.15) is 32.3 Å². The summed E-state index contributed by atoms with van der Waals surface area (Å²) in [6.07, 6.45) is 3.69. The van der Waals surface area contributed by atoms with E-state index in [-0.39, 0.29) is 5.60 Å². The van der Waals surface area contributed by atoms with Crippen molar-refractivity contribution in [2.45, 2.75) is 32.3 Å². The standard InChI is InChI=1S/C20H24N6O/c1-13(2)14-7-19(25-22-9-14)24-18-6-5-16-17(23-18)8-15(10-21-16)26-11-20(3,12-26)27-4/h5-10,13H,11-12H2,1-4H3,(H,23,24,25). The zero-order valence-corrected chi connectivity index (χ0v) is 16.1. The number of anilines is 3. The topological polar surface area (TPSA) is 76.1 Å². The minimum Gasteiger partial charge on any atom is -0.375 e. The summed E-state index contributed by atoms with van der Waals surface area (Å²) in [5, 5.41) is 11.5. The van der Waals surface area contributed by atoms with Crippen molar-refractivity contribution < 1.29 is 4.74 Å². The summed E-state index contributed by atoms with van der Waals surface area (Å²) in [5.74, 6) is 1.81. The smallest absolute Gasteiger partial charge is 0.154 e. The van der Waals surface area contributed by atoms with E-state index in [4.69, 9.17) is 9.72 Å². The quantitative estimate of drug-likeness (QED) is 0.742. The highest BCUT2D eigenvalue weighted by Gasteiger charge is 2.39. The fraction of sp³-hybridized carbons (Fsp3) is 0.400. The second-order valence-corrected chi connectivity index (χ2v) is 7.59. The fourth-order valence-corrected chi connectivity index (χ4v) is 3.20. The predicted molar refractivity (Wildman–Crippen MR) is 107 cm³/mol. The Labute approximate surface area is 158 Å². The van der Waals surface area contributed by atoms with Gasteiger partial charge < -0.3 is 15.0 Å². The third kappa shape index (κ3) is 3.55. The predicted octanol–water partition coefficient (Wildman–Crippen LogP) is 3.51. The lowest BCUT2D eigenvalue weighted by molar-refractivity contribution is -0.0167. The average Bonchev–Trinajstić information content (AvgIpc) is 2.65. The number of rotatable bonds is 5. The summed E-state index contributed by atoms with van der Waals surface area (Å²) in [4.78, 5) is 11.5. The van der Waals surface area contributed by atoms with Gasteiger partial charge in [-0.2, -0.15) is 5.10 Å². The maximum atomic E-state index is 5.52. The molecule has 4 heterocycles. The number of hydrogen-bond acceptors (Lipinski definition) is 7. The normalized spacial score (nSPS) is 15.8. The van der Waals surface area contributed by atoms with Crippen molar-refractivity contribution in [1.29, 1.82) is 0 Å². The van der Waals surface area contributed by atoms with Gasteiger partial charge in [-0.3, -0.25) is 4.98 Å². The van der Waals surface area contributed by atoms with Crippen LogP contribution in [0.4, 0.5) is 17.3 Å². The van der Waals surface area contributed by atoms with E-state index in [0.717, 1.165) is 41.2 Å². The summed E-state index contributed by atoms with van der Waals surface area (Å²) in [7, 11) is 1.76. The molecule has 7 heteroatoms. The van der Waals surface area contributed by atoms with Gasteiger partial charge in [0.05, 0.1) is 34.7 Å². The number of hydrogen-bond donors (Lipinski definition) is 1. The van der Waals surface area contributed by atoms with Crippen LogP contribution in [-0.4, -0.2) is 46.0 Å². The second-order valence-electron chi connectivity index (χ2n) is 7.59. The molecule has 0 unspecified atom stereocenters. The molecule has 0 radical (unpaired) electrons. The Balaban J connectivity index is 1.57. The fourth-order valence-electron chi connectivity index (χ4n) is 3.20. The molecule has 3 aromatic rings. The molecule has 1 saturated heterocycles. The molecular formula is C20H24N6O. The van der Waals surface area contributed by atoms with Gasteiger partial charge in [-0.05, 0) is 42.7 Å². The molecule has 0 spiro atoms. The maximum absolute atomic E-state index is 5.52. The van der Waals surface area contributed by atoms with E-state index in [9.17, 15) is 0 Å². The van der Waals surface area contributed by atoms with Crippen molar-refractivity contribution in [3.05, 3.63) is 42.2 Å². The largest absolute Gasteiger partial charge is 0.375 e. The molecular weight excluding hydrogens is 340 g/mol. The molecule has 1 fully saturated rings. The molecule has 0 aromatic carbocycles. The first-order chi connectivity index (χ1) is 13.0. The summed E-state index contributed by atoms with van der Waals surface area (Å²) in [6.45, 7) is 8.09. The van der Waals surface area contributed by atoms with E-state index in [1.807, 2.05) is 24.4 Å². The van der Waals surface area contributed by atoms with Gasteiger partial charge in [0.2, 0.25) is 0 Å². The molecule has 0 amide bonds. The molecule has 27 heavy (non-hydrogen) atoms. The van der Waals surface area contributed by atoms with Crippen molar-refractivity contribution >= 4 is 28.4 Å². The molecule has 3 aromatic heterocycles.